The van der Waals surface area contributed by atoms with Crippen LogP contribution in [0.3, 0.4) is 0 Å². The van der Waals surface area contributed by atoms with Crippen LogP contribution in [0.2, 0.25) is 0 Å². The average molecular weight is 412 g/mol. The zero-order valence-corrected chi connectivity index (χ0v) is 14.6. The van der Waals surface area contributed by atoms with Gasteiger partial charge >= 0.3 is 0 Å². The first kappa shape index (κ1) is 15.9. The van der Waals surface area contributed by atoms with Gasteiger partial charge in [0.1, 0.15) is 5.69 Å². The van der Waals surface area contributed by atoms with Gasteiger partial charge in [0.2, 0.25) is 0 Å². The summed E-state index contributed by atoms with van der Waals surface area (Å²) in [6, 6.07) is 1.32. The molecule has 0 atom stereocenters. The zero-order chi connectivity index (χ0) is 15.1. The maximum Gasteiger partial charge on any atom is 0.298 e. The number of nitrogens with zero attached hydrogens (tertiary/aromatic N) is 4. The van der Waals surface area contributed by atoms with E-state index in [-0.39, 0.29) is 15.5 Å². The molecule has 8 heteroatoms. The monoisotopic (exact) mass is 412 g/mol. The first-order valence-electron chi connectivity index (χ1n) is 5.95. The normalized spacial score (nSPS) is 13.2. The van der Waals surface area contributed by atoms with Gasteiger partial charge in [-0.05, 0) is 6.26 Å². The molecule has 0 aromatic carbocycles. The van der Waals surface area contributed by atoms with Crippen molar-refractivity contribution in [2.75, 3.05) is 10.7 Å². The third-order valence-electron chi connectivity index (χ3n) is 2.69. The van der Waals surface area contributed by atoms with E-state index in [2.05, 4.69) is 15.1 Å². The summed E-state index contributed by atoms with van der Waals surface area (Å²) in [5.41, 5.74) is -0.0846. The summed E-state index contributed by atoms with van der Waals surface area (Å²) in [6.45, 7) is 5.94. The highest BCUT2D eigenvalue weighted by atomic mass is 127. The molecule has 20 heavy (non-hydrogen) atoms. The lowest BCUT2D eigenvalue weighted by Gasteiger charge is -2.13. The standard InChI is InChI=1S/C12H15F2IN4S/c1-11(2,3)9-17-8-5-7(12(13,14)6-15)16-10(20-4)19(8)18-9/h5H,6H2,1-4H3. The smallest absolute Gasteiger partial charge is 0.221 e. The van der Waals surface area contributed by atoms with Crippen molar-refractivity contribution in [3.8, 4) is 0 Å². The summed E-state index contributed by atoms with van der Waals surface area (Å²) in [6.07, 6.45) is 1.78. The summed E-state index contributed by atoms with van der Waals surface area (Å²) in [4.78, 5) is 8.39. The number of alkyl halides is 3. The molecule has 2 rings (SSSR count). The van der Waals surface area contributed by atoms with E-state index in [1.807, 2.05) is 20.8 Å². The highest BCUT2D eigenvalue weighted by molar-refractivity contribution is 14.1. The molecule has 2 heterocycles. The van der Waals surface area contributed by atoms with Crippen molar-refractivity contribution in [2.24, 2.45) is 0 Å². The molecule has 0 aliphatic carbocycles. The molecular weight excluding hydrogens is 397 g/mol. The minimum atomic E-state index is -2.96. The van der Waals surface area contributed by atoms with Crippen LogP contribution >= 0.6 is 34.4 Å². The molecular formula is C12H15F2IN4S. The van der Waals surface area contributed by atoms with Gasteiger partial charge in [-0.25, -0.2) is 9.97 Å². The Hall–Kier alpha value is -0.510. The Morgan fingerprint density at radius 1 is 1.30 bits per heavy atom. The molecule has 0 radical (unpaired) electrons. The Morgan fingerprint density at radius 3 is 2.45 bits per heavy atom. The second kappa shape index (κ2) is 5.36. The minimum Gasteiger partial charge on any atom is -0.221 e. The van der Waals surface area contributed by atoms with Gasteiger partial charge in [-0.2, -0.15) is 13.3 Å². The molecule has 0 saturated carbocycles. The van der Waals surface area contributed by atoms with Crippen LogP contribution in [0.15, 0.2) is 11.2 Å². The topological polar surface area (TPSA) is 43.1 Å². The number of rotatable bonds is 3. The first-order chi connectivity index (χ1) is 9.19. The summed E-state index contributed by atoms with van der Waals surface area (Å²) in [7, 11) is 0. The van der Waals surface area contributed by atoms with Crippen LogP contribution in [0.4, 0.5) is 8.78 Å². The van der Waals surface area contributed by atoms with E-state index >= 15 is 0 Å². The molecule has 4 nitrogen and oxygen atoms in total. The fourth-order valence-corrected chi connectivity index (χ4v) is 2.46. The minimum absolute atomic E-state index is 0.242. The predicted octanol–water partition coefficient (Wildman–Crippen LogP) is 3.67. The lowest BCUT2D eigenvalue weighted by atomic mass is 9.96. The number of aromatic nitrogens is 4. The van der Waals surface area contributed by atoms with Gasteiger partial charge in [-0.3, -0.25) is 0 Å². The average Bonchev–Trinajstić information content (AvgIpc) is 2.81. The fraction of sp³-hybridized carbons (Fsp3) is 0.583. The van der Waals surface area contributed by atoms with E-state index in [1.54, 1.807) is 28.8 Å². The molecule has 0 unspecified atom stereocenters. The Morgan fingerprint density at radius 2 is 1.95 bits per heavy atom. The molecule has 0 spiro atoms. The van der Waals surface area contributed by atoms with Crippen LogP contribution in [0.1, 0.15) is 32.3 Å². The van der Waals surface area contributed by atoms with E-state index in [1.165, 1.54) is 22.3 Å². The van der Waals surface area contributed by atoms with E-state index < -0.39 is 5.92 Å². The molecule has 0 bridgehead atoms. The van der Waals surface area contributed by atoms with E-state index in [0.717, 1.165) is 0 Å². The van der Waals surface area contributed by atoms with Gasteiger partial charge in [0.25, 0.3) is 5.92 Å². The summed E-state index contributed by atoms with van der Waals surface area (Å²) < 4.78 is 28.9. The van der Waals surface area contributed by atoms with Crippen LogP contribution in [-0.4, -0.2) is 30.3 Å². The molecule has 0 fully saturated rings. The van der Waals surface area contributed by atoms with E-state index in [0.29, 0.717) is 16.6 Å². The Bertz CT molecular complexity index is 636. The summed E-state index contributed by atoms with van der Waals surface area (Å²) in [5.74, 6) is -2.34. The van der Waals surface area contributed by atoms with Crippen LogP contribution < -0.4 is 0 Å². The Kier molecular flexibility index (Phi) is 4.25. The quantitative estimate of drug-likeness (QED) is 0.334. The SMILES string of the molecule is CSc1nc(C(F)(F)CI)cc2nc(C(C)(C)C)nn12. The second-order valence-electron chi connectivity index (χ2n) is 5.42. The van der Waals surface area contributed by atoms with Crippen molar-refractivity contribution in [2.45, 2.75) is 37.3 Å². The van der Waals surface area contributed by atoms with Crippen molar-refractivity contribution >= 4 is 40.0 Å². The molecule has 0 amide bonds. The molecule has 110 valence electrons. The Balaban J connectivity index is 2.68. The third-order valence-corrected chi connectivity index (χ3v) is 4.28. The maximum absolute atomic E-state index is 13.8. The van der Waals surface area contributed by atoms with Crippen LogP contribution in [0.5, 0.6) is 0 Å². The van der Waals surface area contributed by atoms with Gasteiger partial charge in [-0.1, -0.05) is 55.1 Å². The molecule has 0 aliphatic rings. The van der Waals surface area contributed by atoms with Crippen LogP contribution in [-0.2, 0) is 11.3 Å². The van der Waals surface area contributed by atoms with Gasteiger partial charge in [0, 0.05) is 11.5 Å². The van der Waals surface area contributed by atoms with Crippen LogP contribution in [0, 0.1) is 0 Å². The van der Waals surface area contributed by atoms with Crippen molar-refractivity contribution < 1.29 is 8.78 Å². The van der Waals surface area contributed by atoms with Gasteiger partial charge in [-0.15, -0.1) is 5.10 Å². The number of fused-ring (bicyclic) bond motifs is 1. The number of thioether (sulfide) groups is 1. The van der Waals surface area contributed by atoms with Crippen LogP contribution in [0.25, 0.3) is 5.65 Å². The lowest BCUT2D eigenvalue weighted by molar-refractivity contribution is 0.0210. The molecule has 2 aromatic heterocycles. The molecule has 0 N–H and O–H groups in total. The number of hydrogen-bond acceptors (Lipinski definition) is 4. The van der Waals surface area contributed by atoms with Crippen molar-refractivity contribution in [1.29, 1.82) is 0 Å². The highest BCUT2D eigenvalue weighted by Crippen LogP contribution is 2.31. The Labute approximate surface area is 133 Å². The van der Waals surface area contributed by atoms with Gasteiger partial charge in [0.05, 0.1) is 4.43 Å². The number of halogens is 3. The van der Waals surface area contributed by atoms with Crippen molar-refractivity contribution in [3.05, 3.63) is 17.6 Å². The second-order valence-corrected chi connectivity index (χ2v) is 6.96. The first-order valence-corrected chi connectivity index (χ1v) is 8.70. The number of hydrogen-bond donors (Lipinski definition) is 0. The molecule has 0 saturated heterocycles. The highest BCUT2D eigenvalue weighted by Gasteiger charge is 2.33. The summed E-state index contributed by atoms with van der Waals surface area (Å²) >= 11 is 2.94. The third kappa shape index (κ3) is 2.90. The van der Waals surface area contributed by atoms with Crippen molar-refractivity contribution in [3.63, 3.8) is 0 Å². The molecule has 0 aliphatic heterocycles. The van der Waals surface area contributed by atoms with Gasteiger partial charge in [0.15, 0.2) is 16.6 Å². The zero-order valence-electron chi connectivity index (χ0n) is 11.6. The van der Waals surface area contributed by atoms with Crippen molar-refractivity contribution in [1.82, 2.24) is 19.6 Å². The predicted molar refractivity (Wildman–Crippen MR) is 84.0 cm³/mol. The largest absolute Gasteiger partial charge is 0.298 e. The van der Waals surface area contributed by atoms with E-state index in [9.17, 15) is 8.78 Å². The maximum atomic E-state index is 13.8. The summed E-state index contributed by atoms with van der Waals surface area (Å²) in [5, 5.41) is 4.80. The van der Waals surface area contributed by atoms with E-state index in [4.69, 9.17) is 0 Å². The lowest BCUT2D eigenvalue weighted by Crippen LogP contribution is -2.18. The molecule has 2 aromatic rings. The fourth-order valence-electron chi connectivity index (χ4n) is 1.57. The van der Waals surface area contributed by atoms with Gasteiger partial charge < -0.3 is 0 Å².